The molecule has 4 nitrogen and oxygen atoms in total. The Hall–Kier alpha value is -2.36. The number of rotatable bonds is 3. The van der Waals surface area contributed by atoms with Crippen molar-refractivity contribution in [3.05, 3.63) is 59.9 Å². The standard InChI is InChI=1S/C17H19N3O/c1-3-12(2)20-16(15-10-6-7-11-18-15)19-14-9-5-4-8-13(14)17(20)21/h4-12,16,19H,3H2,1-2H3/t12-,16+/m0/s1. The molecule has 2 atom stereocenters. The van der Waals surface area contributed by atoms with Crippen LogP contribution in [-0.2, 0) is 0 Å². The molecule has 0 bridgehead atoms. The van der Waals surface area contributed by atoms with E-state index >= 15 is 0 Å². The second-order valence-corrected chi connectivity index (χ2v) is 5.32. The van der Waals surface area contributed by atoms with E-state index in [4.69, 9.17) is 0 Å². The van der Waals surface area contributed by atoms with Crippen LogP contribution in [-0.4, -0.2) is 21.8 Å². The molecule has 0 fully saturated rings. The number of hydrogen-bond donors (Lipinski definition) is 1. The number of nitrogens with one attached hydrogen (secondary N) is 1. The molecule has 0 unspecified atom stereocenters. The highest BCUT2D eigenvalue weighted by molar-refractivity contribution is 6.01. The predicted octanol–water partition coefficient (Wildman–Crippen LogP) is 3.45. The smallest absolute Gasteiger partial charge is 0.258 e. The lowest BCUT2D eigenvalue weighted by atomic mass is 10.0. The van der Waals surface area contributed by atoms with E-state index in [-0.39, 0.29) is 18.1 Å². The molecule has 0 spiro atoms. The van der Waals surface area contributed by atoms with Crippen LogP contribution in [0.5, 0.6) is 0 Å². The number of aromatic nitrogens is 1. The fraction of sp³-hybridized carbons (Fsp3) is 0.294. The van der Waals surface area contributed by atoms with Gasteiger partial charge in [-0.3, -0.25) is 9.78 Å². The van der Waals surface area contributed by atoms with E-state index in [2.05, 4.69) is 24.1 Å². The third-order valence-electron chi connectivity index (χ3n) is 4.00. The number of fused-ring (bicyclic) bond motifs is 1. The van der Waals surface area contributed by atoms with Crippen LogP contribution in [0.3, 0.4) is 0 Å². The Morgan fingerprint density at radius 3 is 2.71 bits per heavy atom. The van der Waals surface area contributed by atoms with Crippen LogP contribution in [0.1, 0.15) is 42.5 Å². The van der Waals surface area contributed by atoms with Crippen LogP contribution in [0.25, 0.3) is 0 Å². The summed E-state index contributed by atoms with van der Waals surface area (Å²) in [6, 6.07) is 13.6. The van der Waals surface area contributed by atoms with Gasteiger partial charge in [-0.25, -0.2) is 0 Å². The van der Waals surface area contributed by atoms with Crippen LogP contribution in [0.2, 0.25) is 0 Å². The van der Waals surface area contributed by atoms with Crippen molar-refractivity contribution >= 4 is 11.6 Å². The third kappa shape index (κ3) is 2.37. The Labute approximate surface area is 124 Å². The molecule has 3 rings (SSSR count). The third-order valence-corrected chi connectivity index (χ3v) is 4.00. The number of anilines is 1. The first-order valence-corrected chi connectivity index (χ1v) is 7.31. The molecule has 2 aromatic rings. The van der Waals surface area contributed by atoms with Crippen molar-refractivity contribution in [3.8, 4) is 0 Å². The minimum absolute atomic E-state index is 0.0642. The molecular formula is C17H19N3O. The van der Waals surface area contributed by atoms with Gasteiger partial charge in [0.2, 0.25) is 0 Å². The molecule has 1 aromatic carbocycles. The van der Waals surface area contributed by atoms with Crippen LogP contribution >= 0.6 is 0 Å². The highest BCUT2D eigenvalue weighted by Gasteiger charge is 2.35. The van der Waals surface area contributed by atoms with Gasteiger partial charge in [0.25, 0.3) is 5.91 Å². The van der Waals surface area contributed by atoms with Gasteiger partial charge in [0.15, 0.2) is 0 Å². The number of amides is 1. The van der Waals surface area contributed by atoms with E-state index < -0.39 is 0 Å². The SMILES string of the molecule is CC[C@H](C)N1C(=O)c2ccccc2N[C@H]1c1ccccn1. The maximum Gasteiger partial charge on any atom is 0.258 e. The minimum Gasteiger partial charge on any atom is -0.359 e. The van der Waals surface area contributed by atoms with Crippen LogP contribution in [0, 0.1) is 0 Å². The second-order valence-electron chi connectivity index (χ2n) is 5.32. The lowest BCUT2D eigenvalue weighted by Gasteiger charge is -2.40. The largest absolute Gasteiger partial charge is 0.359 e. The Bertz CT molecular complexity index is 641. The molecule has 1 amide bonds. The van der Waals surface area contributed by atoms with Gasteiger partial charge >= 0.3 is 0 Å². The molecule has 2 heterocycles. The topological polar surface area (TPSA) is 45.2 Å². The first kappa shape index (κ1) is 13.6. The molecular weight excluding hydrogens is 262 g/mol. The van der Waals surface area contributed by atoms with Crippen LogP contribution < -0.4 is 5.32 Å². The van der Waals surface area contributed by atoms with Crippen LogP contribution in [0.15, 0.2) is 48.7 Å². The van der Waals surface area contributed by atoms with Crippen molar-refractivity contribution < 1.29 is 4.79 Å². The van der Waals surface area contributed by atoms with E-state index in [9.17, 15) is 4.79 Å². The van der Waals surface area contributed by atoms with Crippen molar-refractivity contribution in [1.29, 1.82) is 0 Å². The number of nitrogens with zero attached hydrogens (tertiary/aromatic N) is 2. The van der Waals surface area contributed by atoms with Crippen LogP contribution in [0.4, 0.5) is 5.69 Å². The Morgan fingerprint density at radius 2 is 2.00 bits per heavy atom. The molecule has 0 radical (unpaired) electrons. The highest BCUT2D eigenvalue weighted by atomic mass is 16.2. The second kappa shape index (κ2) is 5.56. The Morgan fingerprint density at radius 1 is 1.24 bits per heavy atom. The molecule has 0 saturated heterocycles. The van der Waals surface area contributed by atoms with Crippen molar-refractivity contribution in [2.75, 3.05) is 5.32 Å². The molecule has 1 aliphatic heterocycles. The number of carbonyl (C=O) groups is 1. The van der Waals surface area contributed by atoms with Gasteiger partial charge in [-0.15, -0.1) is 0 Å². The highest BCUT2D eigenvalue weighted by Crippen LogP contribution is 2.34. The molecule has 0 saturated carbocycles. The van der Waals surface area contributed by atoms with Gasteiger partial charge in [0.1, 0.15) is 6.17 Å². The van der Waals surface area contributed by atoms with Crippen molar-refractivity contribution in [2.24, 2.45) is 0 Å². The summed E-state index contributed by atoms with van der Waals surface area (Å²) < 4.78 is 0. The number of hydrogen-bond acceptors (Lipinski definition) is 3. The zero-order chi connectivity index (χ0) is 14.8. The summed E-state index contributed by atoms with van der Waals surface area (Å²) in [5.41, 5.74) is 2.46. The van der Waals surface area contributed by atoms with Crippen molar-refractivity contribution in [1.82, 2.24) is 9.88 Å². The average Bonchev–Trinajstić information content (AvgIpc) is 2.55. The Balaban J connectivity index is 2.07. The van der Waals surface area contributed by atoms with Gasteiger partial charge in [0.05, 0.1) is 11.3 Å². The number of para-hydroxylation sites is 1. The van der Waals surface area contributed by atoms with Gasteiger partial charge in [-0.2, -0.15) is 0 Å². The maximum atomic E-state index is 12.9. The summed E-state index contributed by atoms with van der Waals surface area (Å²) in [6.45, 7) is 4.16. The summed E-state index contributed by atoms with van der Waals surface area (Å²) in [5, 5.41) is 3.45. The number of benzene rings is 1. The number of pyridine rings is 1. The number of carbonyl (C=O) groups excluding carboxylic acids is 1. The predicted molar refractivity (Wildman–Crippen MR) is 83.0 cm³/mol. The van der Waals surface area contributed by atoms with E-state index in [1.165, 1.54) is 0 Å². The lowest BCUT2D eigenvalue weighted by Crippen LogP contribution is -2.47. The lowest BCUT2D eigenvalue weighted by molar-refractivity contribution is 0.0589. The van der Waals surface area contributed by atoms with E-state index in [1.54, 1.807) is 6.20 Å². The normalized spacial score (nSPS) is 18.9. The van der Waals surface area contributed by atoms with E-state index in [1.807, 2.05) is 47.4 Å². The zero-order valence-electron chi connectivity index (χ0n) is 12.3. The first-order valence-electron chi connectivity index (χ1n) is 7.31. The summed E-state index contributed by atoms with van der Waals surface area (Å²) >= 11 is 0. The van der Waals surface area contributed by atoms with Gasteiger partial charge in [0, 0.05) is 17.9 Å². The molecule has 1 aromatic heterocycles. The summed E-state index contributed by atoms with van der Waals surface area (Å²) in [7, 11) is 0. The van der Waals surface area contributed by atoms with E-state index in [0.29, 0.717) is 0 Å². The summed E-state index contributed by atoms with van der Waals surface area (Å²) in [6.07, 6.45) is 2.44. The summed E-state index contributed by atoms with van der Waals surface area (Å²) in [5.74, 6) is 0.0642. The summed E-state index contributed by atoms with van der Waals surface area (Å²) in [4.78, 5) is 19.2. The van der Waals surface area contributed by atoms with Crippen molar-refractivity contribution in [3.63, 3.8) is 0 Å². The molecule has 4 heteroatoms. The average molecular weight is 281 g/mol. The van der Waals surface area contributed by atoms with E-state index in [0.717, 1.165) is 23.4 Å². The van der Waals surface area contributed by atoms with Crippen molar-refractivity contribution in [2.45, 2.75) is 32.5 Å². The molecule has 0 aliphatic carbocycles. The molecule has 108 valence electrons. The fourth-order valence-corrected chi connectivity index (χ4v) is 2.67. The maximum absolute atomic E-state index is 12.9. The monoisotopic (exact) mass is 281 g/mol. The first-order chi connectivity index (χ1) is 10.2. The minimum atomic E-state index is -0.219. The quantitative estimate of drug-likeness (QED) is 0.937. The van der Waals surface area contributed by atoms with Gasteiger partial charge in [-0.1, -0.05) is 25.1 Å². The fourth-order valence-electron chi connectivity index (χ4n) is 2.67. The Kier molecular flexibility index (Phi) is 3.60. The van der Waals surface area contributed by atoms with Gasteiger partial charge < -0.3 is 10.2 Å². The zero-order valence-corrected chi connectivity index (χ0v) is 12.3. The molecule has 1 N–H and O–H groups in total. The van der Waals surface area contributed by atoms with Gasteiger partial charge in [-0.05, 0) is 37.6 Å². The molecule has 1 aliphatic rings. The molecule has 21 heavy (non-hydrogen) atoms.